The van der Waals surface area contributed by atoms with Gasteiger partial charge in [0, 0.05) is 12.1 Å². The third kappa shape index (κ3) is 5.24. The lowest BCUT2D eigenvalue weighted by Gasteiger charge is -2.14. The Morgan fingerprint density at radius 2 is 1.64 bits per heavy atom. The Kier molecular flexibility index (Phi) is 5.69. The van der Waals surface area contributed by atoms with Crippen molar-refractivity contribution in [1.82, 2.24) is 4.72 Å². The van der Waals surface area contributed by atoms with Crippen molar-refractivity contribution < 1.29 is 21.6 Å². The Hall–Kier alpha value is -2.10. The minimum absolute atomic E-state index is 0.153. The number of nitrogens with one attached hydrogen (secondary N) is 2. The Balaban J connectivity index is 1.71. The van der Waals surface area contributed by atoms with Crippen LogP contribution in [-0.4, -0.2) is 34.4 Å². The summed E-state index contributed by atoms with van der Waals surface area (Å²) < 4.78 is 58.0. The van der Waals surface area contributed by atoms with Gasteiger partial charge >= 0.3 is 0 Å². The number of anilines is 1. The molecule has 1 atom stereocenters. The molecule has 0 aliphatic heterocycles. The number of hydrogen-bond acceptors (Lipinski definition) is 5. The number of fused-ring (bicyclic) bond motifs is 1. The van der Waals surface area contributed by atoms with Crippen LogP contribution in [0.25, 0.3) is 0 Å². The molecule has 0 saturated heterocycles. The van der Waals surface area contributed by atoms with Crippen LogP contribution in [0.4, 0.5) is 5.69 Å². The highest BCUT2D eigenvalue weighted by Gasteiger charge is 2.27. The van der Waals surface area contributed by atoms with Gasteiger partial charge in [-0.2, -0.15) is 0 Å². The van der Waals surface area contributed by atoms with Gasteiger partial charge < -0.3 is 4.74 Å². The average Bonchev–Trinajstić information content (AvgIpc) is 2.94. The summed E-state index contributed by atoms with van der Waals surface area (Å²) in [6.45, 7) is 3.31. The fraction of sp³-hybridized carbons (Fsp3) is 0.368. The SMILES string of the molecule is CC(C)S(=O)(=O)N[C@H]1Cc2ccc(Oc3cccc(NS(C)(=O)=O)c3)cc2C1. The van der Waals surface area contributed by atoms with E-state index in [2.05, 4.69) is 9.44 Å². The lowest BCUT2D eigenvalue weighted by molar-refractivity contribution is 0.482. The summed E-state index contributed by atoms with van der Waals surface area (Å²) in [5, 5.41) is -0.470. The van der Waals surface area contributed by atoms with Crippen molar-refractivity contribution in [3.8, 4) is 11.5 Å². The second kappa shape index (κ2) is 7.73. The number of hydrogen-bond donors (Lipinski definition) is 2. The van der Waals surface area contributed by atoms with Gasteiger partial charge in [-0.1, -0.05) is 12.1 Å². The minimum Gasteiger partial charge on any atom is -0.457 e. The molecular formula is C19H24N2O5S2. The molecule has 2 aromatic carbocycles. The van der Waals surface area contributed by atoms with Gasteiger partial charge in [0.05, 0.1) is 17.2 Å². The van der Waals surface area contributed by atoms with E-state index in [-0.39, 0.29) is 6.04 Å². The van der Waals surface area contributed by atoms with E-state index < -0.39 is 25.3 Å². The molecule has 2 aromatic rings. The van der Waals surface area contributed by atoms with Gasteiger partial charge in [0.15, 0.2) is 0 Å². The molecule has 1 aliphatic rings. The first-order chi connectivity index (χ1) is 13.0. The lowest BCUT2D eigenvalue weighted by Crippen LogP contribution is -2.39. The van der Waals surface area contributed by atoms with Gasteiger partial charge in [-0.05, 0) is 62.1 Å². The molecule has 0 fully saturated rings. The third-order valence-electron chi connectivity index (χ3n) is 4.43. The molecule has 28 heavy (non-hydrogen) atoms. The van der Waals surface area contributed by atoms with E-state index in [1.807, 2.05) is 18.2 Å². The molecule has 0 saturated carbocycles. The lowest BCUT2D eigenvalue weighted by atomic mass is 10.1. The van der Waals surface area contributed by atoms with E-state index in [0.717, 1.165) is 17.4 Å². The summed E-state index contributed by atoms with van der Waals surface area (Å²) in [5.41, 5.74) is 2.56. The maximum atomic E-state index is 12.1. The molecule has 0 spiro atoms. The van der Waals surface area contributed by atoms with Crippen LogP contribution in [0.15, 0.2) is 42.5 Å². The van der Waals surface area contributed by atoms with Crippen molar-refractivity contribution in [2.75, 3.05) is 11.0 Å². The first-order valence-electron chi connectivity index (χ1n) is 8.90. The Labute approximate surface area is 166 Å². The summed E-state index contributed by atoms with van der Waals surface area (Å²) in [6.07, 6.45) is 2.34. The van der Waals surface area contributed by atoms with Gasteiger partial charge in [-0.15, -0.1) is 0 Å². The molecule has 0 heterocycles. The van der Waals surface area contributed by atoms with E-state index in [1.54, 1.807) is 38.1 Å². The van der Waals surface area contributed by atoms with Gasteiger partial charge in [0.2, 0.25) is 20.0 Å². The van der Waals surface area contributed by atoms with Crippen LogP contribution in [-0.2, 0) is 32.9 Å². The number of rotatable bonds is 7. The molecule has 9 heteroatoms. The van der Waals surface area contributed by atoms with Crippen LogP contribution in [0.2, 0.25) is 0 Å². The van der Waals surface area contributed by atoms with Crippen LogP contribution in [0.5, 0.6) is 11.5 Å². The van der Waals surface area contributed by atoms with Crippen LogP contribution in [0.3, 0.4) is 0 Å². The summed E-state index contributed by atoms with van der Waals surface area (Å²) >= 11 is 0. The van der Waals surface area contributed by atoms with Crippen molar-refractivity contribution in [2.45, 2.75) is 38.0 Å². The second-order valence-corrected chi connectivity index (χ2v) is 11.3. The zero-order valence-electron chi connectivity index (χ0n) is 16.0. The Morgan fingerprint density at radius 1 is 0.964 bits per heavy atom. The molecule has 3 rings (SSSR count). The van der Waals surface area contributed by atoms with Crippen LogP contribution >= 0.6 is 0 Å². The monoisotopic (exact) mass is 424 g/mol. The predicted octanol–water partition coefficient (Wildman–Crippen LogP) is 2.65. The highest BCUT2D eigenvalue weighted by Crippen LogP contribution is 2.30. The summed E-state index contributed by atoms with van der Waals surface area (Å²) in [7, 11) is -6.68. The maximum absolute atomic E-state index is 12.1. The van der Waals surface area contributed by atoms with Crippen molar-refractivity contribution in [3.63, 3.8) is 0 Å². The number of sulfonamides is 2. The van der Waals surface area contributed by atoms with E-state index in [4.69, 9.17) is 4.74 Å². The molecule has 1 aliphatic carbocycles. The van der Waals surface area contributed by atoms with E-state index in [9.17, 15) is 16.8 Å². The third-order valence-corrected chi connectivity index (χ3v) is 6.94. The summed E-state index contributed by atoms with van der Waals surface area (Å²) in [5.74, 6) is 1.12. The molecule has 152 valence electrons. The average molecular weight is 425 g/mol. The van der Waals surface area contributed by atoms with Gasteiger partial charge in [-0.25, -0.2) is 21.6 Å². The molecule has 0 amide bonds. The quantitative estimate of drug-likeness (QED) is 0.711. The Bertz CT molecular complexity index is 1080. The summed E-state index contributed by atoms with van der Waals surface area (Å²) in [4.78, 5) is 0. The van der Waals surface area contributed by atoms with Crippen molar-refractivity contribution in [3.05, 3.63) is 53.6 Å². The molecule has 0 radical (unpaired) electrons. The first kappa shape index (κ1) is 20.6. The fourth-order valence-electron chi connectivity index (χ4n) is 3.08. The van der Waals surface area contributed by atoms with Crippen molar-refractivity contribution in [2.24, 2.45) is 0 Å². The first-order valence-corrected chi connectivity index (χ1v) is 12.3. The van der Waals surface area contributed by atoms with Gasteiger partial charge in [0.1, 0.15) is 11.5 Å². The molecule has 2 N–H and O–H groups in total. The fourth-order valence-corrected chi connectivity index (χ4v) is 4.54. The minimum atomic E-state index is -3.36. The Morgan fingerprint density at radius 3 is 2.32 bits per heavy atom. The zero-order valence-corrected chi connectivity index (χ0v) is 17.6. The molecule has 0 aromatic heterocycles. The highest BCUT2D eigenvalue weighted by atomic mass is 32.2. The second-order valence-electron chi connectivity index (χ2n) is 7.25. The van der Waals surface area contributed by atoms with E-state index in [0.29, 0.717) is 30.0 Å². The van der Waals surface area contributed by atoms with Crippen molar-refractivity contribution >= 4 is 25.7 Å². The van der Waals surface area contributed by atoms with Crippen LogP contribution in [0.1, 0.15) is 25.0 Å². The van der Waals surface area contributed by atoms with Crippen molar-refractivity contribution in [1.29, 1.82) is 0 Å². The van der Waals surface area contributed by atoms with Crippen LogP contribution < -0.4 is 14.2 Å². The van der Waals surface area contributed by atoms with Crippen LogP contribution in [0, 0.1) is 0 Å². The van der Waals surface area contributed by atoms with Gasteiger partial charge in [0.25, 0.3) is 0 Å². The summed E-state index contributed by atoms with van der Waals surface area (Å²) in [6, 6.07) is 12.2. The largest absolute Gasteiger partial charge is 0.457 e. The molecule has 0 bridgehead atoms. The zero-order chi connectivity index (χ0) is 20.5. The predicted molar refractivity (Wildman–Crippen MR) is 110 cm³/mol. The van der Waals surface area contributed by atoms with E-state index >= 15 is 0 Å². The molecule has 0 unspecified atom stereocenters. The van der Waals surface area contributed by atoms with Gasteiger partial charge in [-0.3, -0.25) is 4.72 Å². The smallest absolute Gasteiger partial charge is 0.229 e. The number of benzene rings is 2. The van der Waals surface area contributed by atoms with E-state index in [1.165, 1.54) is 0 Å². The molecular weight excluding hydrogens is 400 g/mol. The normalized spacial score (nSPS) is 16.8. The topological polar surface area (TPSA) is 102 Å². The maximum Gasteiger partial charge on any atom is 0.229 e. The standard InChI is InChI=1S/C19H24N2O5S2/c1-13(2)28(24,25)21-17-9-14-7-8-19(11-15(14)10-17)26-18-6-4-5-16(12-18)20-27(3,22)23/h4-8,11-13,17,20-21H,9-10H2,1-3H3/t17-/m0/s1. The highest BCUT2D eigenvalue weighted by molar-refractivity contribution is 7.92. The number of ether oxygens (including phenoxy) is 1. The molecule has 7 nitrogen and oxygen atoms in total.